The Morgan fingerprint density at radius 1 is 1.19 bits per heavy atom. The molecule has 0 aliphatic heterocycles. The lowest BCUT2D eigenvalue weighted by Crippen LogP contribution is -2.40. The molecule has 3 nitrogen and oxygen atoms in total. The third-order valence-corrected chi connectivity index (χ3v) is 4.52. The van der Waals surface area contributed by atoms with Crippen molar-refractivity contribution >= 4 is 5.91 Å². The third-order valence-electron chi connectivity index (χ3n) is 4.52. The average molecular weight is 288 g/mol. The van der Waals surface area contributed by atoms with Crippen LogP contribution in [0.3, 0.4) is 0 Å². The number of hydrogen-bond donors (Lipinski definition) is 1. The molecule has 1 saturated carbocycles. The van der Waals surface area contributed by atoms with E-state index in [1.54, 1.807) is 0 Å². The monoisotopic (exact) mass is 288 g/mol. The van der Waals surface area contributed by atoms with Crippen LogP contribution in [0.25, 0.3) is 0 Å². The molecule has 116 valence electrons. The first-order valence-corrected chi connectivity index (χ1v) is 8.13. The normalized spacial score (nSPS) is 15.4. The second kappa shape index (κ2) is 7.08. The van der Waals surface area contributed by atoms with E-state index in [2.05, 4.69) is 24.0 Å². The third kappa shape index (κ3) is 3.65. The van der Waals surface area contributed by atoms with Crippen molar-refractivity contribution in [2.75, 3.05) is 13.1 Å². The number of carbonyl (C=O) groups excluding carboxylic acids is 1. The van der Waals surface area contributed by atoms with E-state index in [1.807, 2.05) is 13.8 Å². The van der Waals surface area contributed by atoms with Crippen molar-refractivity contribution < 1.29 is 4.79 Å². The molecule has 0 radical (unpaired) electrons. The van der Waals surface area contributed by atoms with Crippen molar-refractivity contribution in [3.63, 3.8) is 0 Å². The summed E-state index contributed by atoms with van der Waals surface area (Å²) in [6.45, 7) is 7.60. The van der Waals surface area contributed by atoms with Crippen LogP contribution >= 0.6 is 0 Å². The van der Waals surface area contributed by atoms with Crippen molar-refractivity contribution in [2.24, 2.45) is 5.73 Å². The van der Waals surface area contributed by atoms with Gasteiger partial charge in [0, 0.05) is 18.2 Å². The first-order chi connectivity index (χ1) is 10.0. The van der Waals surface area contributed by atoms with Gasteiger partial charge in [-0.15, -0.1) is 0 Å². The van der Waals surface area contributed by atoms with Gasteiger partial charge in [-0.3, -0.25) is 4.79 Å². The highest BCUT2D eigenvalue weighted by molar-refractivity contribution is 5.97. The molecule has 1 amide bonds. The zero-order chi connectivity index (χ0) is 15.4. The van der Waals surface area contributed by atoms with Crippen LogP contribution in [0.5, 0.6) is 0 Å². The number of nitrogens with zero attached hydrogens (tertiary/aromatic N) is 1. The topological polar surface area (TPSA) is 46.3 Å². The molecule has 2 N–H and O–H groups in total. The maximum Gasteiger partial charge on any atom is 0.254 e. The van der Waals surface area contributed by atoms with E-state index in [9.17, 15) is 4.79 Å². The van der Waals surface area contributed by atoms with Crippen LogP contribution in [0.4, 0.5) is 0 Å². The van der Waals surface area contributed by atoms with Gasteiger partial charge in [-0.2, -0.15) is 0 Å². The van der Waals surface area contributed by atoms with Crippen molar-refractivity contribution in [1.82, 2.24) is 4.90 Å². The van der Waals surface area contributed by atoms with E-state index in [0.717, 1.165) is 42.5 Å². The van der Waals surface area contributed by atoms with Gasteiger partial charge >= 0.3 is 0 Å². The van der Waals surface area contributed by atoms with Crippen LogP contribution < -0.4 is 5.73 Å². The average Bonchev–Trinajstić information content (AvgIpc) is 2.92. The number of nitrogens with two attached hydrogens (primary N) is 1. The predicted octanol–water partition coefficient (Wildman–Crippen LogP) is 3.35. The molecule has 0 heterocycles. The molecule has 1 aromatic carbocycles. The van der Waals surface area contributed by atoms with Crippen LogP contribution in [0.2, 0.25) is 0 Å². The highest BCUT2D eigenvalue weighted by Gasteiger charge is 2.28. The zero-order valence-corrected chi connectivity index (χ0v) is 13.6. The lowest BCUT2D eigenvalue weighted by Gasteiger charge is -2.30. The number of aryl methyl sites for hydroxylation is 3. The van der Waals surface area contributed by atoms with Gasteiger partial charge < -0.3 is 10.6 Å². The molecule has 0 atom stereocenters. The molecule has 0 unspecified atom stereocenters. The van der Waals surface area contributed by atoms with Crippen molar-refractivity contribution in [1.29, 1.82) is 0 Å². The molecule has 1 aromatic rings. The van der Waals surface area contributed by atoms with E-state index < -0.39 is 0 Å². The van der Waals surface area contributed by atoms with Crippen LogP contribution in [-0.2, 0) is 0 Å². The molecule has 0 bridgehead atoms. The van der Waals surface area contributed by atoms with Crippen LogP contribution in [0.15, 0.2) is 12.1 Å². The first-order valence-electron chi connectivity index (χ1n) is 8.13. The molecule has 0 aromatic heterocycles. The van der Waals surface area contributed by atoms with Gasteiger partial charge in [-0.1, -0.05) is 30.5 Å². The lowest BCUT2D eigenvalue weighted by molar-refractivity contribution is 0.0679. The Labute approximate surface area is 128 Å². The first kappa shape index (κ1) is 16.0. The molecule has 1 aliphatic carbocycles. The lowest BCUT2D eigenvalue weighted by atomic mass is 9.98. The Morgan fingerprint density at radius 3 is 2.29 bits per heavy atom. The number of amides is 1. The summed E-state index contributed by atoms with van der Waals surface area (Å²) in [4.78, 5) is 15.2. The summed E-state index contributed by atoms with van der Waals surface area (Å²) in [7, 11) is 0. The minimum absolute atomic E-state index is 0.199. The Bertz CT molecular complexity index is 481. The minimum Gasteiger partial charge on any atom is -0.336 e. The maximum absolute atomic E-state index is 13.1. The SMILES string of the molecule is Cc1cc(C)c(C(=O)N(CCCN)C2CCCC2)c(C)c1. The van der Waals surface area contributed by atoms with Crippen LogP contribution in [-0.4, -0.2) is 29.9 Å². The van der Waals surface area contributed by atoms with E-state index in [1.165, 1.54) is 18.4 Å². The quantitative estimate of drug-likeness (QED) is 0.903. The number of benzene rings is 1. The van der Waals surface area contributed by atoms with Crippen molar-refractivity contribution in [2.45, 2.75) is 58.9 Å². The summed E-state index contributed by atoms with van der Waals surface area (Å²) < 4.78 is 0. The van der Waals surface area contributed by atoms with Crippen molar-refractivity contribution in [3.05, 3.63) is 34.4 Å². The zero-order valence-electron chi connectivity index (χ0n) is 13.6. The summed E-state index contributed by atoms with van der Waals surface area (Å²) >= 11 is 0. The van der Waals surface area contributed by atoms with E-state index >= 15 is 0 Å². The van der Waals surface area contributed by atoms with Crippen LogP contribution in [0.1, 0.15) is 59.2 Å². The summed E-state index contributed by atoms with van der Waals surface area (Å²) in [5, 5.41) is 0. The summed E-state index contributed by atoms with van der Waals surface area (Å²) in [6, 6.07) is 4.62. The summed E-state index contributed by atoms with van der Waals surface area (Å²) in [5.74, 6) is 0.199. The van der Waals surface area contributed by atoms with Crippen molar-refractivity contribution in [3.8, 4) is 0 Å². The number of rotatable bonds is 5. The van der Waals surface area contributed by atoms with Gasteiger partial charge in [0.15, 0.2) is 0 Å². The fourth-order valence-electron chi connectivity index (χ4n) is 3.59. The predicted molar refractivity (Wildman–Crippen MR) is 87.6 cm³/mol. The Hall–Kier alpha value is -1.35. The standard InChI is InChI=1S/C18H28N2O/c1-13-11-14(2)17(15(3)12-13)18(21)20(10-6-9-19)16-7-4-5-8-16/h11-12,16H,4-10,19H2,1-3H3. The van der Waals surface area contributed by atoms with Gasteiger partial charge in [-0.25, -0.2) is 0 Å². The second-order valence-corrected chi connectivity index (χ2v) is 6.35. The molecule has 2 rings (SSSR count). The highest BCUT2D eigenvalue weighted by atomic mass is 16.2. The fourth-order valence-corrected chi connectivity index (χ4v) is 3.59. The van der Waals surface area contributed by atoms with Gasteiger partial charge in [-0.05, 0) is 57.7 Å². The summed E-state index contributed by atoms with van der Waals surface area (Å²) in [6.07, 6.45) is 5.64. The molecule has 3 heteroatoms. The van der Waals surface area contributed by atoms with Gasteiger partial charge in [0.2, 0.25) is 0 Å². The van der Waals surface area contributed by atoms with Gasteiger partial charge in [0.1, 0.15) is 0 Å². The Kier molecular flexibility index (Phi) is 5.40. The molecule has 1 aliphatic rings. The molecule has 0 spiro atoms. The number of carbonyl (C=O) groups is 1. The highest BCUT2D eigenvalue weighted by Crippen LogP contribution is 2.27. The van der Waals surface area contributed by atoms with Gasteiger partial charge in [0.05, 0.1) is 0 Å². The van der Waals surface area contributed by atoms with Gasteiger partial charge in [0.25, 0.3) is 5.91 Å². The van der Waals surface area contributed by atoms with Crippen LogP contribution in [0, 0.1) is 20.8 Å². The van der Waals surface area contributed by atoms with E-state index in [4.69, 9.17) is 5.73 Å². The van der Waals surface area contributed by atoms with E-state index in [-0.39, 0.29) is 5.91 Å². The smallest absolute Gasteiger partial charge is 0.254 e. The fraction of sp³-hybridized carbons (Fsp3) is 0.611. The molecule has 21 heavy (non-hydrogen) atoms. The Balaban J connectivity index is 2.29. The van der Waals surface area contributed by atoms with E-state index in [0.29, 0.717) is 12.6 Å². The summed E-state index contributed by atoms with van der Waals surface area (Å²) in [5.41, 5.74) is 9.95. The second-order valence-electron chi connectivity index (χ2n) is 6.35. The molecular formula is C18H28N2O. The molecular weight excluding hydrogens is 260 g/mol. The maximum atomic E-state index is 13.1. The minimum atomic E-state index is 0.199. The Morgan fingerprint density at radius 2 is 1.76 bits per heavy atom. The largest absolute Gasteiger partial charge is 0.336 e. The number of hydrogen-bond acceptors (Lipinski definition) is 2. The molecule has 0 saturated heterocycles. The molecule has 1 fully saturated rings.